The monoisotopic (exact) mass is 535 g/mol. The molecule has 2 aliphatic carbocycles. The van der Waals surface area contributed by atoms with E-state index in [1.165, 1.54) is 0 Å². The van der Waals surface area contributed by atoms with Gasteiger partial charge in [-0.15, -0.1) is 0 Å². The van der Waals surface area contributed by atoms with Gasteiger partial charge < -0.3 is 14.8 Å². The SMILES string of the molecule is CC1(C)CC(=O)[C@H](C(c2cn(Cc3ccc(Cl)cc3)c3ccccc23)[C@@H]2C(=O)CC(C)(C)C[C@@H]2O)[C@H](O)C1. The summed E-state index contributed by atoms with van der Waals surface area (Å²) in [5.41, 5.74) is 2.29. The zero-order valence-electron chi connectivity index (χ0n) is 22.7. The molecule has 2 aromatic carbocycles. The van der Waals surface area contributed by atoms with Crippen LogP contribution in [0.15, 0.2) is 54.7 Å². The number of Topliss-reactive ketones (excluding diaryl/α,β-unsaturated/α-hetero) is 2. The van der Waals surface area contributed by atoms with Crippen molar-refractivity contribution in [3.63, 3.8) is 0 Å². The van der Waals surface area contributed by atoms with Gasteiger partial charge in [0.1, 0.15) is 11.6 Å². The van der Waals surface area contributed by atoms with Crippen molar-refractivity contribution in [3.05, 3.63) is 70.9 Å². The smallest absolute Gasteiger partial charge is 0.139 e. The Bertz CT molecular complexity index is 1310. The minimum atomic E-state index is -0.885. The molecule has 5 atom stereocenters. The van der Waals surface area contributed by atoms with Crippen LogP contribution in [0.5, 0.6) is 0 Å². The Hall–Kier alpha value is -2.47. The number of para-hydroxylation sites is 1. The summed E-state index contributed by atoms with van der Waals surface area (Å²) < 4.78 is 2.13. The molecule has 2 fully saturated rings. The lowest BCUT2D eigenvalue weighted by atomic mass is 9.58. The maximum Gasteiger partial charge on any atom is 0.139 e. The first-order valence-electron chi connectivity index (χ1n) is 13.6. The van der Waals surface area contributed by atoms with Crippen molar-refractivity contribution < 1.29 is 19.8 Å². The zero-order valence-corrected chi connectivity index (χ0v) is 23.4. The molecule has 202 valence electrons. The van der Waals surface area contributed by atoms with Crippen molar-refractivity contribution in [3.8, 4) is 0 Å². The van der Waals surface area contributed by atoms with Gasteiger partial charge in [0.25, 0.3) is 0 Å². The number of hydrogen-bond donors (Lipinski definition) is 2. The molecule has 0 spiro atoms. The number of carbonyl (C=O) groups is 2. The zero-order chi connectivity index (χ0) is 27.4. The average molecular weight is 536 g/mol. The molecule has 0 bridgehead atoms. The molecule has 2 saturated carbocycles. The van der Waals surface area contributed by atoms with Crippen LogP contribution in [0, 0.1) is 22.7 Å². The van der Waals surface area contributed by atoms with E-state index in [1.807, 2.05) is 82.4 Å². The van der Waals surface area contributed by atoms with Crippen LogP contribution in [-0.2, 0) is 16.1 Å². The lowest BCUT2D eigenvalue weighted by Crippen LogP contribution is -2.51. The Morgan fingerprint density at radius 3 is 1.92 bits per heavy atom. The van der Waals surface area contributed by atoms with E-state index in [0.717, 1.165) is 22.0 Å². The number of benzene rings is 2. The van der Waals surface area contributed by atoms with Crippen LogP contribution < -0.4 is 0 Å². The molecule has 6 heteroatoms. The Balaban J connectivity index is 1.66. The highest BCUT2D eigenvalue weighted by Gasteiger charge is 2.52. The van der Waals surface area contributed by atoms with Crippen LogP contribution in [-0.4, -0.2) is 38.6 Å². The predicted octanol–water partition coefficient (Wildman–Crippen LogP) is 6.16. The Morgan fingerprint density at radius 2 is 1.39 bits per heavy atom. The predicted molar refractivity (Wildman–Crippen MR) is 150 cm³/mol. The fourth-order valence-electron chi connectivity index (χ4n) is 7.09. The standard InChI is InChI=1S/C32H38ClNO4/c1-31(2)13-24(35)29(25(36)14-31)28(30-26(37)15-32(3,4)16-27(30)38)22-18-34(23-8-6-5-7-21(22)23)17-19-9-11-20(33)12-10-19/h5-12,18,24,26,28-30,35,37H,13-17H2,1-4H3/t24-,26+,28?,29-,30+. The second-order valence-corrected chi connectivity index (χ2v) is 13.5. The number of hydrogen-bond acceptors (Lipinski definition) is 4. The third-order valence-corrected chi connectivity index (χ3v) is 8.87. The number of aromatic nitrogens is 1. The number of rotatable bonds is 5. The summed E-state index contributed by atoms with van der Waals surface area (Å²) in [7, 11) is 0. The topological polar surface area (TPSA) is 79.5 Å². The lowest BCUT2D eigenvalue weighted by molar-refractivity contribution is -0.144. The molecule has 2 aliphatic rings. The maximum atomic E-state index is 13.7. The van der Waals surface area contributed by atoms with Crippen molar-refractivity contribution in [2.24, 2.45) is 22.7 Å². The second-order valence-electron chi connectivity index (χ2n) is 13.1. The van der Waals surface area contributed by atoms with E-state index in [2.05, 4.69) is 4.57 Å². The van der Waals surface area contributed by atoms with Crippen molar-refractivity contribution in [2.45, 2.75) is 78.0 Å². The highest BCUT2D eigenvalue weighted by atomic mass is 35.5. The van der Waals surface area contributed by atoms with Crippen molar-refractivity contribution in [2.75, 3.05) is 0 Å². The molecular formula is C32H38ClNO4. The van der Waals surface area contributed by atoms with Crippen LogP contribution >= 0.6 is 11.6 Å². The third kappa shape index (κ3) is 5.21. The first-order valence-corrected chi connectivity index (χ1v) is 14.0. The summed E-state index contributed by atoms with van der Waals surface area (Å²) in [6.45, 7) is 8.59. The molecular weight excluding hydrogens is 498 g/mol. The van der Waals surface area contributed by atoms with E-state index in [4.69, 9.17) is 11.6 Å². The molecule has 2 N–H and O–H groups in total. The molecule has 0 saturated heterocycles. The summed E-state index contributed by atoms with van der Waals surface area (Å²) >= 11 is 6.10. The molecule has 1 heterocycles. The normalized spacial score (nSPS) is 28.0. The van der Waals surface area contributed by atoms with Crippen LogP contribution in [0.25, 0.3) is 10.9 Å². The van der Waals surface area contributed by atoms with Gasteiger partial charge in [0.15, 0.2) is 0 Å². The summed E-state index contributed by atoms with van der Waals surface area (Å²) in [6.07, 6.45) is 1.91. The van der Waals surface area contributed by atoms with Gasteiger partial charge in [-0.1, -0.05) is 69.6 Å². The minimum Gasteiger partial charge on any atom is -0.392 e. The molecule has 38 heavy (non-hydrogen) atoms. The average Bonchev–Trinajstić information content (AvgIpc) is 3.15. The highest BCUT2D eigenvalue weighted by molar-refractivity contribution is 6.30. The Kier molecular flexibility index (Phi) is 7.08. The van der Waals surface area contributed by atoms with E-state index >= 15 is 0 Å². The maximum absolute atomic E-state index is 13.7. The fourth-order valence-corrected chi connectivity index (χ4v) is 7.21. The molecule has 1 aromatic heterocycles. The van der Waals surface area contributed by atoms with Gasteiger partial charge >= 0.3 is 0 Å². The van der Waals surface area contributed by atoms with Gasteiger partial charge in [0.05, 0.1) is 24.0 Å². The largest absolute Gasteiger partial charge is 0.392 e. The van der Waals surface area contributed by atoms with Crippen LogP contribution in [0.1, 0.15) is 70.4 Å². The van der Waals surface area contributed by atoms with Crippen LogP contribution in [0.2, 0.25) is 5.02 Å². The summed E-state index contributed by atoms with van der Waals surface area (Å²) in [6, 6.07) is 15.7. The summed E-state index contributed by atoms with van der Waals surface area (Å²) in [5, 5.41) is 24.5. The lowest BCUT2D eigenvalue weighted by Gasteiger charge is -2.46. The van der Waals surface area contributed by atoms with E-state index in [1.54, 1.807) is 0 Å². The van der Waals surface area contributed by atoms with Gasteiger partial charge in [0.2, 0.25) is 0 Å². The molecule has 1 unspecified atom stereocenters. The number of nitrogens with zero attached hydrogens (tertiary/aromatic N) is 1. The summed E-state index contributed by atoms with van der Waals surface area (Å²) in [5.74, 6) is -2.16. The van der Waals surface area contributed by atoms with E-state index in [0.29, 0.717) is 37.3 Å². The number of aliphatic hydroxyl groups excluding tert-OH is 2. The quantitative estimate of drug-likeness (QED) is 0.410. The molecule has 5 nitrogen and oxygen atoms in total. The number of carbonyl (C=O) groups excluding carboxylic acids is 2. The van der Waals surface area contributed by atoms with E-state index in [9.17, 15) is 19.8 Å². The van der Waals surface area contributed by atoms with E-state index < -0.39 is 30.0 Å². The Morgan fingerprint density at radius 1 is 0.868 bits per heavy atom. The number of halogens is 1. The number of fused-ring (bicyclic) bond motifs is 1. The first-order chi connectivity index (χ1) is 17.8. The molecule has 0 aliphatic heterocycles. The number of ketones is 2. The molecule has 3 aromatic rings. The second kappa shape index (κ2) is 9.93. The van der Waals surface area contributed by atoms with Gasteiger partial charge in [-0.2, -0.15) is 0 Å². The van der Waals surface area contributed by atoms with Crippen LogP contribution in [0.4, 0.5) is 0 Å². The minimum absolute atomic E-state index is 0.0295. The molecule has 0 radical (unpaired) electrons. The van der Waals surface area contributed by atoms with Crippen molar-refractivity contribution in [1.82, 2.24) is 4.57 Å². The summed E-state index contributed by atoms with van der Waals surface area (Å²) in [4.78, 5) is 27.4. The van der Waals surface area contributed by atoms with Gasteiger partial charge in [-0.3, -0.25) is 9.59 Å². The van der Waals surface area contributed by atoms with Crippen molar-refractivity contribution >= 4 is 34.1 Å². The highest BCUT2D eigenvalue weighted by Crippen LogP contribution is 2.51. The van der Waals surface area contributed by atoms with Gasteiger partial charge in [-0.25, -0.2) is 0 Å². The number of aliphatic hydroxyl groups is 2. The fraction of sp³-hybridized carbons (Fsp3) is 0.500. The first kappa shape index (κ1) is 27.1. The van der Waals surface area contributed by atoms with Gasteiger partial charge in [0, 0.05) is 47.4 Å². The molecule has 0 amide bonds. The van der Waals surface area contributed by atoms with Crippen LogP contribution in [0.3, 0.4) is 0 Å². The van der Waals surface area contributed by atoms with Crippen molar-refractivity contribution in [1.29, 1.82) is 0 Å². The van der Waals surface area contributed by atoms with Gasteiger partial charge in [-0.05, 0) is 53.0 Å². The third-order valence-electron chi connectivity index (χ3n) is 8.62. The Labute approximate surface area is 229 Å². The van der Waals surface area contributed by atoms with E-state index in [-0.39, 0.29) is 22.4 Å². The molecule has 5 rings (SSSR count).